The average Bonchev–Trinajstić information content (AvgIpc) is 3.49. The van der Waals surface area contributed by atoms with Gasteiger partial charge in [-0.3, -0.25) is 9.36 Å². The molecule has 0 bridgehead atoms. The minimum atomic E-state index is -0.0991. The minimum absolute atomic E-state index is 0.0991. The number of methoxy groups -OCH3 is 2. The molecular weight excluding hydrogens is 514 g/mol. The maximum absolute atomic E-state index is 13.8. The zero-order valence-electron chi connectivity index (χ0n) is 19.2. The van der Waals surface area contributed by atoms with Crippen LogP contribution in [-0.4, -0.2) is 44.7 Å². The van der Waals surface area contributed by atoms with Gasteiger partial charge in [0.2, 0.25) is 0 Å². The van der Waals surface area contributed by atoms with Crippen LogP contribution < -0.4 is 9.47 Å². The number of benzene rings is 2. The Morgan fingerprint density at radius 1 is 1.14 bits per heavy atom. The van der Waals surface area contributed by atoms with Crippen LogP contribution in [0, 0.1) is 0 Å². The smallest absolute Gasteiger partial charge is 0.278 e. The number of ether oxygens (including phenoxy) is 2. The highest BCUT2D eigenvalue weighted by molar-refractivity contribution is 9.10. The highest BCUT2D eigenvalue weighted by Gasteiger charge is 2.33. The number of imidazole rings is 1. The summed E-state index contributed by atoms with van der Waals surface area (Å²) in [5.41, 5.74) is 3.57. The molecule has 1 saturated carbocycles. The number of rotatable bonds is 6. The number of amides is 1. The van der Waals surface area contributed by atoms with E-state index in [4.69, 9.17) is 14.0 Å². The van der Waals surface area contributed by atoms with Gasteiger partial charge in [-0.1, -0.05) is 21.1 Å². The average molecular weight is 536 g/mol. The van der Waals surface area contributed by atoms with E-state index in [-0.39, 0.29) is 5.91 Å². The second-order valence-corrected chi connectivity index (χ2v) is 9.56. The van der Waals surface area contributed by atoms with Gasteiger partial charge in [0, 0.05) is 22.0 Å². The fraction of sp³-hybridized carbons (Fsp3) is 0.280. The minimum Gasteiger partial charge on any atom is -0.497 e. The molecule has 0 radical (unpaired) electrons. The van der Waals surface area contributed by atoms with Crippen LogP contribution in [0.3, 0.4) is 0 Å². The maximum Gasteiger partial charge on any atom is 0.278 e. The summed E-state index contributed by atoms with van der Waals surface area (Å²) >= 11 is 3.51. The molecule has 0 spiro atoms. The van der Waals surface area contributed by atoms with E-state index < -0.39 is 0 Å². The van der Waals surface area contributed by atoms with Crippen molar-refractivity contribution in [2.24, 2.45) is 0 Å². The van der Waals surface area contributed by atoms with Crippen molar-refractivity contribution in [1.82, 2.24) is 24.6 Å². The molecule has 1 aliphatic heterocycles. The molecule has 9 nitrogen and oxygen atoms in total. The molecule has 10 heteroatoms. The van der Waals surface area contributed by atoms with Crippen LogP contribution in [0.4, 0.5) is 0 Å². The molecule has 178 valence electrons. The summed E-state index contributed by atoms with van der Waals surface area (Å²) in [7, 11) is 3.21. The monoisotopic (exact) mass is 535 g/mol. The number of aromatic nitrogens is 4. The Labute approximate surface area is 209 Å². The molecule has 0 N–H and O–H groups in total. The predicted octanol–water partition coefficient (Wildman–Crippen LogP) is 4.74. The first-order valence-electron chi connectivity index (χ1n) is 11.3. The Hall–Kier alpha value is -3.66. The Kier molecular flexibility index (Phi) is 5.32. The van der Waals surface area contributed by atoms with E-state index in [1.807, 2.05) is 41.0 Å². The first-order chi connectivity index (χ1) is 17.1. The third-order valence-electron chi connectivity index (χ3n) is 6.39. The van der Waals surface area contributed by atoms with E-state index in [9.17, 15) is 4.79 Å². The van der Waals surface area contributed by atoms with Crippen molar-refractivity contribution in [2.75, 3.05) is 14.2 Å². The number of hydrogen-bond acceptors (Lipinski definition) is 7. The SMILES string of the molecule is COc1ccc(CN2Cc3c(-c4nc(C5CC5)no4)ncn3-c3ccc(Br)cc3C2=O)c(OC)c1. The van der Waals surface area contributed by atoms with Crippen LogP contribution >= 0.6 is 15.9 Å². The van der Waals surface area contributed by atoms with Crippen molar-refractivity contribution >= 4 is 21.8 Å². The number of fused-ring (bicyclic) bond motifs is 3. The summed E-state index contributed by atoms with van der Waals surface area (Å²) in [6.45, 7) is 0.635. The van der Waals surface area contributed by atoms with Gasteiger partial charge >= 0.3 is 0 Å². The molecule has 0 saturated heterocycles. The highest BCUT2D eigenvalue weighted by Crippen LogP contribution is 2.39. The van der Waals surface area contributed by atoms with Gasteiger partial charge in [0.05, 0.1) is 44.3 Å². The molecule has 3 heterocycles. The normalized spacial score (nSPS) is 14.9. The molecule has 1 fully saturated rings. The molecule has 6 rings (SSSR count). The Balaban J connectivity index is 1.45. The van der Waals surface area contributed by atoms with Crippen LogP contribution in [0.15, 0.2) is 51.7 Å². The topological polar surface area (TPSA) is 95.5 Å². The lowest BCUT2D eigenvalue weighted by molar-refractivity contribution is 0.0732. The number of halogens is 1. The molecule has 2 aromatic heterocycles. The van der Waals surface area contributed by atoms with Gasteiger partial charge in [0.25, 0.3) is 11.8 Å². The predicted molar refractivity (Wildman–Crippen MR) is 130 cm³/mol. The quantitative estimate of drug-likeness (QED) is 0.352. The second-order valence-electron chi connectivity index (χ2n) is 8.64. The van der Waals surface area contributed by atoms with E-state index in [0.717, 1.165) is 40.1 Å². The first-order valence-corrected chi connectivity index (χ1v) is 12.0. The van der Waals surface area contributed by atoms with Gasteiger partial charge < -0.3 is 18.9 Å². The highest BCUT2D eigenvalue weighted by atomic mass is 79.9. The Morgan fingerprint density at radius 2 is 2.00 bits per heavy atom. The number of carbonyl (C=O) groups is 1. The third kappa shape index (κ3) is 3.87. The summed E-state index contributed by atoms with van der Waals surface area (Å²) in [5.74, 6) is 2.69. The lowest BCUT2D eigenvalue weighted by Crippen LogP contribution is -2.29. The van der Waals surface area contributed by atoms with Crippen molar-refractivity contribution in [1.29, 1.82) is 0 Å². The van der Waals surface area contributed by atoms with E-state index in [2.05, 4.69) is 31.1 Å². The van der Waals surface area contributed by atoms with E-state index >= 15 is 0 Å². The third-order valence-corrected chi connectivity index (χ3v) is 6.88. The Morgan fingerprint density at radius 3 is 2.77 bits per heavy atom. The summed E-state index contributed by atoms with van der Waals surface area (Å²) in [6, 6.07) is 11.2. The molecule has 1 amide bonds. The van der Waals surface area contributed by atoms with Gasteiger partial charge in [-0.05, 0) is 43.2 Å². The number of nitrogens with zero attached hydrogens (tertiary/aromatic N) is 5. The fourth-order valence-electron chi connectivity index (χ4n) is 4.38. The van der Waals surface area contributed by atoms with Gasteiger partial charge in [-0.15, -0.1) is 0 Å². The molecule has 1 aliphatic carbocycles. The molecule has 0 unspecified atom stereocenters. The van der Waals surface area contributed by atoms with E-state index in [0.29, 0.717) is 47.7 Å². The second kappa shape index (κ2) is 8.53. The summed E-state index contributed by atoms with van der Waals surface area (Å²) in [4.78, 5) is 24.8. The van der Waals surface area contributed by atoms with Gasteiger partial charge in [0.1, 0.15) is 17.8 Å². The van der Waals surface area contributed by atoms with Crippen molar-refractivity contribution in [3.05, 3.63) is 69.8 Å². The molecule has 2 aliphatic rings. The molecule has 2 aromatic carbocycles. The van der Waals surface area contributed by atoms with Crippen molar-refractivity contribution in [2.45, 2.75) is 31.8 Å². The van der Waals surface area contributed by atoms with Crippen LogP contribution in [0.2, 0.25) is 0 Å². The molecule has 0 atom stereocenters. The zero-order valence-corrected chi connectivity index (χ0v) is 20.8. The number of hydrogen-bond donors (Lipinski definition) is 0. The van der Waals surface area contributed by atoms with Crippen molar-refractivity contribution in [3.63, 3.8) is 0 Å². The standard InChI is InChI=1S/C25H22BrN5O4/c1-33-17-7-5-15(21(10-17)34-2)11-30-12-20-22(24-28-23(29-35-24)14-3-4-14)27-13-31(20)19-8-6-16(26)9-18(19)25(30)32/h5-10,13-14H,3-4,11-12H2,1-2H3. The molecular formula is C25H22BrN5O4. The first kappa shape index (κ1) is 21.8. The Bertz CT molecular complexity index is 1440. The van der Waals surface area contributed by atoms with E-state index in [1.165, 1.54) is 0 Å². The van der Waals surface area contributed by atoms with Crippen LogP contribution in [-0.2, 0) is 13.1 Å². The van der Waals surface area contributed by atoms with Gasteiger partial charge in [-0.25, -0.2) is 4.98 Å². The molecule has 35 heavy (non-hydrogen) atoms. The van der Waals surface area contributed by atoms with Crippen LogP contribution in [0.5, 0.6) is 11.5 Å². The van der Waals surface area contributed by atoms with E-state index in [1.54, 1.807) is 25.4 Å². The lowest BCUT2D eigenvalue weighted by Gasteiger charge is -2.22. The summed E-state index contributed by atoms with van der Waals surface area (Å²) in [6.07, 6.45) is 3.87. The number of carbonyl (C=O) groups excluding carboxylic acids is 1. The van der Waals surface area contributed by atoms with Gasteiger partial charge in [0.15, 0.2) is 11.5 Å². The largest absolute Gasteiger partial charge is 0.497 e. The lowest BCUT2D eigenvalue weighted by atomic mass is 10.1. The zero-order chi connectivity index (χ0) is 24.1. The maximum atomic E-state index is 13.8. The van der Waals surface area contributed by atoms with Crippen LogP contribution in [0.25, 0.3) is 17.3 Å². The fourth-order valence-corrected chi connectivity index (χ4v) is 4.74. The van der Waals surface area contributed by atoms with Crippen molar-refractivity contribution < 1.29 is 18.8 Å². The van der Waals surface area contributed by atoms with Crippen molar-refractivity contribution in [3.8, 4) is 28.8 Å². The van der Waals surface area contributed by atoms with Crippen LogP contribution in [0.1, 0.15) is 46.2 Å². The summed E-state index contributed by atoms with van der Waals surface area (Å²) in [5, 5.41) is 4.15. The van der Waals surface area contributed by atoms with Gasteiger partial charge in [-0.2, -0.15) is 4.98 Å². The summed E-state index contributed by atoms with van der Waals surface area (Å²) < 4.78 is 19.2. The molecule has 4 aromatic rings.